The van der Waals surface area contributed by atoms with Crippen LogP contribution in [0.4, 0.5) is 5.69 Å². The fourth-order valence-electron chi connectivity index (χ4n) is 3.21. The molecule has 0 radical (unpaired) electrons. The molecule has 0 unspecified atom stereocenters. The van der Waals surface area contributed by atoms with Gasteiger partial charge in [-0.1, -0.05) is 23.7 Å². The van der Waals surface area contributed by atoms with Gasteiger partial charge >= 0.3 is 0 Å². The number of imide groups is 1. The third kappa shape index (κ3) is 3.79. The molecule has 0 bridgehead atoms. The second-order valence-corrected chi connectivity index (χ2v) is 6.80. The molecule has 1 heterocycles. The van der Waals surface area contributed by atoms with Crippen LogP contribution in [-0.2, 0) is 9.59 Å². The Morgan fingerprint density at radius 3 is 2.31 bits per heavy atom. The van der Waals surface area contributed by atoms with E-state index in [0.717, 1.165) is 4.90 Å². The molecule has 0 saturated heterocycles. The molecule has 152 valence electrons. The lowest BCUT2D eigenvalue weighted by atomic mass is 10.0. The molecule has 3 rings (SSSR count). The molecule has 2 amide bonds. The Hall–Kier alpha value is -3.03. The molecule has 1 aliphatic rings. The first kappa shape index (κ1) is 20.7. The zero-order valence-corrected chi connectivity index (χ0v) is 17.1. The van der Waals surface area contributed by atoms with Crippen LogP contribution in [-0.4, -0.2) is 56.2 Å². The van der Waals surface area contributed by atoms with Gasteiger partial charge in [0.05, 0.1) is 32.1 Å². The van der Waals surface area contributed by atoms with E-state index in [1.807, 2.05) is 0 Å². The summed E-state index contributed by atoms with van der Waals surface area (Å²) in [6.07, 6.45) is 0. The summed E-state index contributed by atoms with van der Waals surface area (Å²) in [4.78, 5) is 29.3. The number of carbonyl (C=O) groups excluding carboxylic acids is 2. The van der Waals surface area contributed by atoms with Gasteiger partial charge in [0.2, 0.25) is 0 Å². The average molecular weight is 417 g/mol. The predicted molar refractivity (Wildman–Crippen MR) is 110 cm³/mol. The summed E-state index contributed by atoms with van der Waals surface area (Å²) < 4.78 is 10.5. The number of aliphatic hydroxyl groups is 1. The Labute approximate surface area is 173 Å². The second kappa shape index (κ2) is 8.55. The summed E-state index contributed by atoms with van der Waals surface area (Å²) in [6.45, 7) is 0.0202. The minimum absolute atomic E-state index is 0.169. The molecule has 0 fully saturated rings. The van der Waals surface area contributed by atoms with Crippen LogP contribution in [0.5, 0.6) is 11.5 Å². The van der Waals surface area contributed by atoms with Gasteiger partial charge in [-0.2, -0.15) is 0 Å². The minimum Gasteiger partial charge on any atom is -0.497 e. The number of hydrogen-bond donors (Lipinski definition) is 1. The third-order valence-electron chi connectivity index (χ3n) is 4.64. The Kier molecular flexibility index (Phi) is 6.10. The van der Waals surface area contributed by atoms with Crippen molar-refractivity contribution in [1.82, 2.24) is 4.90 Å². The Morgan fingerprint density at radius 1 is 1.03 bits per heavy atom. The highest BCUT2D eigenvalue weighted by molar-refractivity contribution is 6.46. The van der Waals surface area contributed by atoms with E-state index in [2.05, 4.69) is 0 Å². The van der Waals surface area contributed by atoms with Crippen molar-refractivity contribution in [2.75, 3.05) is 39.3 Å². The summed E-state index contributed by atoms with van der Waals surface area (Å²) in [5.74, 6) is -0.0427. The van der Waals surface area contributed by atoms with E-state index in [-0.39, 0.29) is 30.1 Å². The van der Waals surface area contributed by atoms with Crippen LogP contribution in [0.2, 0.25) is 5.02 Å². The number of rotatable bonds is 7. The van der Waals surface area contributed by atoms with E-state index in [1.54, 1.807) is 55.5 Å². The van der Waals surface area contributed by atoms with Crippen LogP contribution in [0.1, 0.15) is 5.56 Å². The van der Waals surface area contributed by atoms with Crippen molar-refractivity contribution >= 4 is 34.7 Å². The van der Waals surface area contributed by atoms with Crippen molar-refractivity contribution in [3.63, 3.8) is 0 Å². The van der Waals surface area contributed by atoms with Crippen molar-refractivity contribution in [2.24, 2.45) is 0 Å². The standard InChI is InChI=1S/C21H21ClN2O5/c1-23(10-11-25)19-18(13-4-7-15(28-2)8-5-13)20(26)24(21(19)27)16-12-14(22)6-9-17(16)29-3/h4-9,12,25H,10-11H2,1-3H3. The number of hydrogen-bond acceptors (Lipinski definition) is 6. The lowest BCUT2D eigenvalue weighted by Crippen LogP contribution is -2.35. The fraction of sp³-hybridized carbons (Fsp3) is 0.238. The van der Waals surface area contributed by atoms with E-state index in [9.17, 15) is 14.7 Å². The number of aliphatic hydroxyl groups excluding tert-OH is 1. The largest absolute Gasteiger partial charge is 0.497 e. The third-order valence-corrected chi connectivity index (χ3v) is 4.87. The lowest BCUT2D eigenvalue weighted by molar-refractivity contribution is -0.120. The number of ether oxygens (including phenoxy) is 2. The summed E-state index contributed by atoms with van der Waals surface area (Å²) in [5, 5.41) is 9.71. The maximum absolute atomic E-state index is 13.4. The van der Waals surface area contributed by atoms with Crippen molar-refractivity contribution < 1.29 is 24.2 Å². The minimum atomic E-state index is -0.516. The van der Waals surface area contributed by atoms with Gasteiger partial charge < -0.3 is 19.5 Å². The second-order valence-electron chi connectivity index (χ2n) is 6.36. The number of amides is 2. The zero-order valence-electron chi connectivity index (χ0n) is 16.3. The highest BCUT2D eigenvalue weighted by Crippen LogP contribution is 2.39. The number of anilines is 1. The molecule has 0 saturated carbocycles. The average Bonchev–Trinajstić information content (AvgIpc) is 2.98. The van der Waals surface area contributed by atoms with Gasteiger partial charge in [0.1, 0.15) is 17.2 Å². The van der Waals surface area contributed by atoms with Gasteiger partial charge in [0.25, 0.3) is 11.8 Å². The molecule has 8 heteroatoms. The molecule has 0 spiro atoms. The van der Waals surface area contributed by atoms with Gasteiger partial charge in [-0.3, -0.25) is 9.59 Å². The molecule has 0 aromatic heterocycles. The normalized spacial score (nSPS) is 13.9. The highest BCUT2D eigenvalue weighted by atomic mass is 35.5. The van der Waals surface area contributed by atoms with Crippen molar-refractivity contribution in [1.29, 1.82) is 0 Å². The SMILES string of the molecule is COc1ccc(C2=C(N(C)CCO)C(=O)N(c3cc(Cl)ccc3OC)C2=O)cc1. The number of methoxy groups -OCH3 is 2. The molecule has 2 aromatic rings. The lowest BCUT2D eigenvalue weighted by Gasteiger charge is -2.21. The van der Waals surface area contributed by atoms with Crippen molar-refractivity contribution in [3.05, 3.63) is 58.7 Å². The molecule has 7 nitrogen and oxygen atoms in total. The summed E-state index contributed by atoms with van der Waals surface area (Å²) >= 11 is 6.11. The number of carbonyl (C=O) groups is 2. The fourth-order valence-corrected chi connectivity index (χ4v) is 3.37. The smallest absolute Gasteiger partial charge is 0.282 e. The van der Waals surface area contributed by atoms with Gasteiger partial charge in [0.15, 0.2) is 0 Å². The first-order chi connectivity index (χ1) is 13.9. The summed E-state index contributed by atoms with van der Waals surface area (Å²) in [6, 6.07) is 11.6. The van der Waals surface area contributed by atoms with E-state index in [0.29, 0.717) is 22.1 Å². The first-order valence-electron chi connectivity index (χ1n) is 8.86. The summed E-state index contributed by atoms with van der Waals surface area (Å²) in [7, 11) is 4.65. The van der Waals surface area contributed by atoms with Crippen LogP contribution in [0.15, 0.2) is 48.2 Å². The number of halogens is 1. The van der Waals surface area contributed by atoms with Gasteiger partial charge in [0, 0.05) is 18.6 Å². The Morgan fingerprint density at radius 2 is 1.72 bits per heavy atom. The molecule has 1 aliphatic heterocycles. The van der Waals surface area contributed by atoms with Gasteiger partial charge in [-0.25, -0.2) is 4.90 Å². The number of nitrogens with zero attached hydrogens (tertiary/aromatic N) is 2. The molecular formula is C21H21ClN2O5. The molecule has 1 N–H and O–H groups in total. The van der Waals surface area contributed by atoms with Crippen LogP contribution >= 0.6 is 11.6 Å². The molecule has 0 aliphatic carbocycles. The molecule has 0 atom stereocenters. The molecule has 29 heavy (non-hydrogen) atoms. The number of likely N-dealkylation sites (N-methyl/N-ethyl adjacent to an activating group) is 1. The topological polar surface area (TPSA) is 79.3 Å². The maximum atomic E-state index is 13.4. The van der Waals surface area contributed by atoms with Crippen LogP contribution < -0.4 is 14.4 Å². The van der Waals surface area contributed by atoms with Crippen LogP contribution in [0, 0.1) is 0 Å². The van der Waals surface area contributed by atoms with Crippen LogP contribution in [0.25, 0.3) is 5.57 Å². The van der Waals surface area contributed by atoms with Gasteiger partial charge in [-0.15, -0.1) is 0 Å². The Bertz CT molecular complexity index is 972. The van der Waals surface area contributed by atoms with Gasteiger partial charge in [-0.05, 0) is 35.9 Å². The number of benzene rings is 2. The van der Waals surface area contributed by atoms with E-state index in [1.165, 1.54) is 13.2 Å². The molecule has 2 aromatic carbocycles. The highest BCUT2D eigenvalue weighted by Gasteiger charge is 2.42. The van der Waals surface area contributed by atoms with E-state index < -0.39 is 11.8 Å². The molecular weight excluding hydrogens is 396 g/mol. The van der Waals surface area contributed by atoms with Crippen molar-refractivity contribution in [2.45, 2.75) is 0 Å². The Balaban J connectivity index is 2.15. The first-order valence-corrected chi connectivity index (χ1v) is 9.23. The van der Waals surface area contributed by atoms with Crippen LogP contribution in [0.3, 0.4) is 0 Å². The zero-order chi connectivity index (χ0) is 21.1. The maximum Gasteiger partial charge on any atom is 0.282 e. The predicted octanol–water partition coefficient (Wildman–Crippen LogP) is 2.57. The quantitative estimate of drug-likeness (QED) is 0.699. The van der Waals surface area contributed by atoms with E-state index >= 15 is 0 Å². The monoisotopic (exact) mass is 416 g/mol. The van der Waals surface area contributed by atoms with E-state index in [4.69, 9.17) is 21.1 Å². The van der Waals surface area contributed by atoms with Crippen molar-refractivity contribution in [3.8, 4) is 11.5 Å². The summed E-state index contributed by atoms with van der Waals surface area (Å²) in [5.41, 5.74) is 1.24.